The lowest BCUT2D eigenvalue weighted by atomic mass is 9.79. The summed E-state index contributed by atoms with van der Waals surface area (Å²) < 4.78 is 1.33. The van der Waals surface area contributed by atoms with Gasteiger partial charge in [0, 0.05) is 34.4 Å². The van der Waals surface area contributed by atoms with E-state index in [9.17, 15) is 0 Å². The molecule has 2 aliphatic rings. The van der Waals surface area contributed by atoms with Crippen LogP contribution in [0.3, 0.4) is 0 Å². The van der Waals surface area contributed by atoms with E-state index in [0.717, 1.165) is 17.9 Å². The van der Waals surface area contributed by atoms with Crippen LogP contribution >= 0.6 is 22.6 Å². The van der Waals surface area contributed by atoms with E-state index in [-0.39, 0.29) is 0 Å². The van der Waals surface area contributed by atoms with Crippen molar-refractivity contribution in [1.29, 1.82) is 0 Å². The number of hydrogen-bond acceptors (Lipinski definition) is 2. The Bertz CT molecular complexity index is 486. The molecule has 1 aromatic carbocycles. The van der Waals surface area contributed by atoms with E-state index in [2.05, 4.69) is 70.9 Å². The molecule has 128 valence electrons. The summed E-state index contributed by atoms with van der Waals surface area (Å²) in [7, 11) is 0. The third kappa shape index (κ3) is 4.62. The number of hydrogen-bond donors (Lipinski definition) is 1. The van der Waals surface area contributed by atoms with Crippen LogP contribution in [0.4, 0.5) is 5.69 Å². The number of anilines is 1. The highest BCUT2D eigenvalue weighted by Gasteiger charge is 2.29. The van der Waals surface area contributed by atoms with Crippen LogP contribution in [0, 0.1) is 15.4 Å². The molecule has 0 aromatic heterocycles. The van der Waals surface area contributed by atoms with Crippen molar-refractivity contribution in [3.63, 3.8) is 0 Å². The quantitative estimate of drug-likeness (QED) is 0.651. The van der Waals surface area contributed by atoms with E-state index >= 15 is 0 Å². The van der Waals surface area contributed by atoms with Gasteiger partial charge in [0.2, 0.25) is 0 Å². The highest BCUT2D eigenvalue weighted by atomic mass is 127. The Labute approximate surface area is 155 Å². The van der Waals surface area contributed by atoms with Crippen molar-refractivity contribution in [1.82, 2.24) is 4.90 Å². The van der Waals surface area contributed by atoms with Gasteiger partial charge in [0.05, 0.1) is 0 Å². The molecule has 1 saturated carbocycles. The predicted octanol–water partition coefficient (Wildman–Crippen LogP) is 5.38. The fourth-order valence-corrected chi connectivity index (χ4v) is 4.88. The zero-order valence-electron chi connectivity index (χ0n) is 14.6. The van der Waals surface area contributed by atoms with Crippen molar-refractivity contribution >= 4 is 28.3 Å². The monoisotopic (exact) mass is 426 g/mol. The number of rotatable bonds is 4. The standard InChI is InChI=1S/C20H31IN2/c1-15(2)16-7-9-18(10-8-16)23-13-11-17(12-14-23)22-20-6-4-3-5-19(20)21/h3-6,15-18,22H,7-14H2,1-2H3. The van der Waals surface area contributed by atoms with Crippen LogP contribution in [-0.4, -0.2) is 30.1 Å². The summed E-state index contributed by atoms with van der Waals surface area (Å²) in [4.78, 5) is 2.78. The second-order valence-corrected chi connectivity index (χ2v) is 8.91. The lowest BCUT2D eigenvalue weighted by molar-refractivity contribution is 0.101. The summed E-state index contributed by atoms with van der Waals surface area (Å²) in [5.74, 6) is 1.85. The van der Waals surface area contributed by atoms with Crippen LogP contribution in [-0.2, 0) is 0 Å². The molecular formula is C20H31IN2. The molecule has 0 radical (unpaired) electrons. The van der Waals surface area contributed by atoms with E-state index in [1.54, 1.807) is 0 Å². The first-order chi connectivity index (χ1) is 11.1. The first kappa shape index (κ1) is 17.5. The Morgan fingerprint density at radius 1 is 1.00 bits per heavy atom. The minimum Gasteiger partial charge on any atom is -0.381 e. The zero-order chi connectivity index (χ0) is 16.2. The minimum absolute atomic E-state index is 0.647. The highest BCUT2D eigenvalue weighted by molar-refractivity contribution is 14.1. The SMILES string of the molecule is CC(C)C1CCC(N2CCC(Nc3ccccc3I)CC2)CC1. The molecule has 1 aliphatic carbocycles. The molecule has 0 bridgehead atoms. The summed E-state index contributed by atoms with van der Waals surface area (Å²) in [6.45, 7) is 7.34. The van der Waals surface area contributed by atoms with Gasteiger partial charge in [0.15, 0.2) is 0 Å². The predicted molar refractivity (Wildman–Crippen MR) is 108 cm³/mol. The van der Waals surface area contributed by atoms with Crippen LogP contribution in [0.1, 0.15) is 52.4 Å². The number of nitrogens with one attached hydrogen (secondary N) is 1. The van der Waals surface area contributed by atoms with Crippen LogP contribution in [0.2, 0.25) is 0 Å². The van der Waals surface area contributed by atoms with Gasteiger partial charge in [0.1, 0.15) is 0 Å². The first-order valence-corrected chi connectivity index (χ1v) is 10.5. The van der Waals surface area contributed by atoms with Gasteiger partial charge in [-0.05, 0) is 85.1 Å². The van der Waals surface area contributed by atoms with E-state index in [1.165, 1.54) is 60.9 Å². The van der Waals surface area contributed by atoms with Crippen molar-refractivity contribution in [2.75, 3.05) is 18.4 Å². The Hall–Kier alpha value is -0.290. The fraction of sp³-hybridized carbons (Fsp3) is 0.700. The lowest BCUT2D eigenvalue weighted by Gasteiger charge is -2.41. The van der Waals surface area contributed by atoms with E-state index in [0.29, 0.717) is 6.04 Å². The maximum atomic E-state index is 3.76. The second kappa shape index (κ2) is 8.19. The fourth-order valence-electron chi connectivity index (χ4n) is 4.34. The Morgan fingerprint density at radius 3 is 2.26 bits per heavy atom. The normalized spacial score (nSPS) is 27.3. The summed E-state index contributed by atoms with van der Waals surface area (Å²) in [6.07, 6.45) is 8.32. The Balaban J connectivity index is 1.45. The van der Waals surface area contributed by atoms with Gasteiger partial charge >= 0.3 is 0 Å². The van der Waals surface area contributed by atoms with Crippen molar-refractivity contribution < 1.29 is 0 Å². The van der Waals surface area contributed by atoms with E-state index in [4.69, 9.17) is 0 Å². The lowest BCUT2D eigenvalue weighted by Crippen LogP contribution is -2.46. The minimum atomic E-state index is 0.647. The van der Waals surface area contributed by atoms with E-state index < -0.39 is 0 Å². The number of likely N-dealkylation sites (tertiary alicyclic amines) is 1. The average Bonchev–Trinajstić information content (AvgIpc) is 2.58. The van der Waals surface area contributed by atoms with Gasteiger partial charge in [-0.15, -0.1) is 0 Å². The van der Waals surface area contributed by atoms with Gasteiger partial charge in [-0.3, -0.25) is 0 Å². The molecule has 1 aliphatic heterocycles. The second-order valence-electron chi connectivity index (χ2n) is 7.75. The third-order valence-corrected chi connectivity index (χ3v) is 6.90. The molecule has 23 heavy (non-hydrogen) atoms. The number of halogens is 1. The molecule has 2 nitrogen and oxygen atoms in total. The summed E-state index contributed by atoms with van der Waals surface area (Å²) in [5.41, 5.74) is 1.31. The summed E-state index contributed by atoms with van der Waals surface area (Å²) >= 11 is 2.43. The Morgan fingerprint density at radius 2 is 1.65 bits per heavy atom. The van der Waals surface area contributed by atoms with Gasteiger partial charge < -0.3 is 10.2 Å². The van der Waals surface area contributed by atoms with Crippen molar-refractivity contribution in [3.8, 4) is 0 Å². The topological polar surface area (TPSA) is 15.3 Å². The third-order valence-electron chi connectivity index (χ3n) is 5.96. The first-order valence-electron chi connectivity index (χ1n) is 9.38. The van der Waals surface area contributed by atoms with Crippen LogP contribution < -0.4 is 5.32 Å². The molecule has 1 saturated heterocycles. The zero-order valence-corrected chi connectivity index (χ0v) is 16.8. The number of para-hydroxylation sites is 1. The van der Waals surface area contributed by atoms with Gasteiger partial charge in [-0.2, -0.15) is 0 Å². The maximum Gasteiger partial charge on any atom is 0.0478 e. The van der Waals surface area contributed by atoms with Gasteiger partial charge in [-0.25, -0.2) is 0 Å². The molecule has 1 N–H and O–H groups in total. The van der Waals surface area contributed by atoms with Crippen LogP contribution in [0.15, 0.2) is 24.3 Å². The smallest absolute Gasteiger partial charge is 0.0478 e. The number of benzene rings is 1. The molecule has 0 spiro atoms. The van der Waals surface area contributed by atoms with Crippen molar-refractivity contribution in [2.24, 2.45) is 11.8 Å². The molecule has 0 unspecified atom stereocenters. The van der Waals surface area contributed by atoms with Crippen LogP contribution in [0.5, 0.6) is 0 Å². The largest absolute Gasteiger partial charge is 0.381 e. The van der Waals surface area contributed by atoms with Gasteiger partial charge in [-0.1, -0.05) is 26.0 Å². The van der Waals surface area contributed by atoms with Crippen molar-refractivity contribution in [2.45, 2.75) is 64.5 Å². The van der Waals surface area contributed by atoms with Crippen molar-refractivity contribution in [3.05, 3.63) is 27.8 Å². The van der Waals surface area contributed by atoms with E-state index in [1.807, 2.05) is 0 Å². The molecule has 1 heterocycles. The van der Waals surface area contributed by atoms with Crippen LogP contribution in [0.25, 0.3) is 0 Å². The molecule has 0 atom stereocenters. The molecule has 3 heteroatoms. The van der Waals surface area contributed by atoms with Gasteiger partial charge in [0.25, 0.3) is 0 Å². The number of nitrogens with zero attached hydrogens (tertiary/aromatic N) is 1. The summed E-state index contributed by atoms with van der Waals surface area (Å²) in [6, 6.07) is 10.2. The molecule has 3 rings (SSSR count). The molecule has 2 fully saturated rings. The molecular weight excluding hydrogens is 395 g/mol. The Kier molecular flexibility index (Phi) is 6.25. The highest BCUT2D eigenvalue weighted by Crippen LogP contribution is 2.33. The molecule has 0 amide bonds. The molecule has 1 aromatic rings. The maximum absolute atomic E-state index is 3.76. The number of piperidine rings is 1. The summed E-state index contributed by atoms with van der Waals surface area (Å²) in [5, 5.41) is 3.76. The average molecular weight is 426 g/mol.